The van der Waals surface area contributed by atoms with Crippen LogP contribution in [-0.4, -0.2) is 33.5 Å². The van der Waals surface area contributed by atoms with Gasteiger partial charge in [0.1, 0.15) is 5.03 Å². The number of aryl methyl sites for hydroxylation is 1. The molecule has 17 heavy (non-hydrogen) atoms. The van der Waals surface area contributed by atoms with E-state index in [1.807, 2.05) is 13.0 Å². The van der Waals surface area contributed by atoms with Gasteiger partial charge in [0.25, 0.3) is 0 Å². The number of thioether (sulfide) groups is 1. The number of aliphatic hydroxyl groups is 1. The molecule has 2 N–H and O–H groups in total. The number of aromatic nitrogens is 2. The van der Waals surface area contributed by atoms with Gasteiger partial charge in [-0.1, -0.05) is 13.8 Å². The maximum atomic E-state index is 8.88. The number of rotatable bonds is 7. The first-order chi connectivity index (χ1) is 8.15. The highest BCUT2D eigenvalue weighted by molar-refractivity contribution is 7.99. The van der Waals surface area contributed by atoms with E-state index >= 15 is 0 Å². The first kappa shape index (κ1) is 14.3. The summed E-state index contributed by atoms with van der Waals surface area (Å²) in [6.45, 7) is 7.29. The monoisotopic (exact) mass is 255 g/mol. The predicted octanol–water partition coefficient (Wildman–Crippen LogP) is 2.47. The van der Waals surface area contributed by atoms with E-state index in [4.69, 9.17) is 5.11 Å². The molecule has 0 aliphatic heterocycles. The van der Waals surface area contributed by atoms with Gasteiger partial charge in [-0.05, 0) is 25.8 Å². The van der Waals surface area contributed by atoms with Crippen molar-refractivity contribution in [2.75, 3.05) is 18.5 Å². The summed E-state index contributed by atoms with van der Waals surface area (Å²) >= 11 is 1.68. The van der Waals surface area contributed by atoms with Crippen LogP contribution in [0.15, 0.2) is 11.1 Å². The number of nitrogens with one attached hydrogen (secondary N) is 1. The fourth-order valence-corrected chi connectivity index (χ4v) is 2.38. The van der Waals surface area contributed by atoms with Gasteiger partial charge in [-0.2, -0.15) is 0 Å². The standard InChI is InChI=1S/C12H21N3OS/c1-4-6-13-12-14-9(2)8-11(15-12)17-10(3)5-7-16/h8,10,16H,4-7H2,1-3H3,(H,13,14,15). The van der Waals surface area contributed by atoms with E-state index in [9.17, 15) is 0 Å². The van der Waals surface area contributed by atoms with Crippen LogP contribution in [0.1, 0.15) is 32.4 Å². The molecule has 0 aliphatic rings. The minimum atomic E-state index is 0.221. The average Bonchev–Trinajstić information content (AvgIpc) is 2.25. The van der Waals surface area contributed by atoms with Crippen molar-refractivity contribution in [2.45, 2.75) is 43.9 Å². The van der Waals surface area contributed by atoms with Gasteiger partial charge < -0.3 is 10.4 Å². The zero-order chi connectivity index (χ0) is 12.7. The normalized spacial score (nSPS) is 12.5. The summed E-state index contributed by atoms with van der Waals surface area (Å²) in [5.41, 5.74) is 0.970. The topological polar surface area (TPSA) is 58.0 Å². The zero-order valence-corrected chi connectivity index (χ0v) is 11.5. The Labute approximate surface area is 107 Å². The minimum absolute atomic E-state index is 0.221. The van der Waals surface area contributed by atoms with Crippen molar-refractivity contribution in [1.29, 1.82) is 0 Å². The summed E-state index contributed by atoms with van der Waals surface area (Å²) in [5.74, 6) is 0.700. The summed E-state index contributed by atoms with van der Waals surface area (Å²) in [6, 6.07) is 1.98. The molecule has 0 fully saturated rings. The van der Waals surface area contributed by atoms with Gasteiger partial charge in [0, 0.05) is 24.1 Å². The van der Waals surface area contributed by atoms with Crippen molar-refractivity contribution in [3.05, 3.63) is 11.8 Å². The second-order valence-corrected chi connectivity index (χ2v) is 5.50. The van der Waals surface area contributed by atoms with E-state index < -0.39 is 0 Å². The summed E-state index contributed by atoms with van der Waals surface area (Å²) in [4.78, 5) is 8.79. The number of nitrogens with zero attached hydrogens (tertiary/aromatic N) is 2. The SMILES string of the molecule is CCCNc1nc(C)cc(SC(C)CCO)n1. The van der Waals surface area contributed by atoms with E-state index in [2.05, 4.69) is 29.1 Å². The Bertz CT molecular complexity index is 347. The highest BCUT2D eigenvalue weighted by Gasteiger charge is 2.07. The van der Waals surface area contributed by atoms with Crippen LogP contribution in [0.2, 0.25) is 0 Å². The quantitative estimate of drug-likeness (QED) is 0.579. The number of hydrogen-bond acceptors (Lipinski definition) is 5. The van der Waals surface area contributed by atoms with Crippen molar-refractivity contribution in [3.8, 4) is 0 Å². The molecule has 1 atom stereocenters. The summed E-state index contributed by atoms with van der Waals surface area (Å²) < 4.78 is 0. The molecule has 1 aromatic rings. The Morgan fingerprint density at radius 3 is 2.88 bits per heavy atom. The molecule has 0 radical (unpaired) electrons. The second kappa shape index (κ2) is 7.50. The maximum absolute atomic E-state index is 8.88. The molecule has 1 unspecified atom stereocenters. The lowest BCUT2D eigenvalue weighted by atomic mass is 10.3. The lowest BCUT2D eigenvalue weighted by Crippen LogP contribution is -2.06. The first-order valence-corrected chi connectivity index (χ1v) is 6.90. The lowest BCUT2D eigenvalue weighted by Gasteiger charge is -2.10. The molecule has 1 heterocycles. The minimum Gasteiger partial charge on any atom is -0.396 e. The molecule has 0 bridgehead atoms. The largest absolute Gasteiger partial charge is 0.396 e. The molecule has 0 spiro atoms. The smallest absolute Gasteiger partial charge is 0.223 e. The van der Waals surface area contributed by atoms with Crippen LogP contribution in [0.25, 0.3) is 0 Å². The van der Waals surface area contributed by atoms with Crippen LogP contribution in [0.4, 0.5) is 5.95 Å². The fraction of sp³-hybridized carbons (Fsp3) is 0.667. The van der Waals surface area contributed by atoms with Gasteiger partial charge in [-0.15, -0.1) is 11.8 Å². The third-order valence-electron chi connectivity index (χ3n) is 2.22. The van der Waals surface area contributed by atoms with Gasteiger partial charge >= 0.3 is 0 Å². The highest BCUT2D eigenvalue weighted by Crippen LogP contribution is 2.24. The van der Waals surface area contributed by atoms with Crippen molar-refractivity contribution in [2.24, 2.45) is 0 Å². The van der Waals surface area contributed by atoms with E-state index in [0.717, 1.165) is 30.1 Å². The predicted molar refractivity (Wildman–Crippen MR) is 72.6 cm³/mol. The lowest BCUT2D eigenvalue weighted by molar-refractivity contribution is 0.289. The number of hydrogen-bond donors (Lipinski definition) is 2. The van der Waals surface area contributed by atoms with Gasteiger partial charge in [-0.3, -0.25) is 0 Å². The number of anilines is 1. The molecular weight excluding hydrogens is 234 g/mol. The van der Waals surface area contributed by atoms with Crippen molar-refractivity contribution < 1.29 is 5.11 Å². The van der Waals surface area contributed by atoms with Crippen LogP contribution in [0.3, 0.4) is 0 Å². The fourth-order valence-electron chi connectivity index (χ4n) is 1.36. The van der Waals surface area contributed by atoms with Gasteiger partial charge in [-0.25, -0.2) is 9.97 Å². The molecule has 1 aromatic heterocycles. The van der Waals surface area contributed by atoms with E-state index in [1.165, 1.54) is 0 Å². The van der Waals surface area contributed by atoms with Gasteiger partial charge in [0.2, 0.25) is 5.95 Å². The Hall–Kier alpha value is -0.810. The molecule has 0 aliphatic carbocycles. The number of aliphatic hydroxyl groups excluding tert-OH is 1. The molecule has 1 rings (SSSR count). The molecule has 96 valence electrons. The summed E-state index contributed by atoms with van der Waals surface area (Å²) in [7, 11) is 0. The Kier molecular flexibility index (Phi) is 6.29. The molecule has 0 amide bonds. The van der Waals surface area contributed by atoms with Crippen LogP contribution in [0.5, 0.6) is 0 Å². The molecule has 0 saturated heterocycles. The van der Waals surface area contributed by atoms with Crippen molar-refractivity contribution in [3.63, 3.8) is 0 Å². The molecule has 0 aromatic carbocycles. The molecule has 5 heteroatoms. The molecular formula is C12H21N3OS. The molecule has 4 nitrogen and oxygen atoms in total. The first-order valence-electron chi connectivity index (χ1n) is 6.02. The highest BCUT2D eigenvalue weighted by atomic mass is 32.2. The van der Waals surface area contributed by atoms with Crippen LogP contribution in [-0.2, 0) is 0 Å². The van der Waals surface area contributed by atoms with Crippen LogP contribution < -0.4 is 5.32 Å². The molecule has 0 saturated carbocycles. The summed E-state index contributed by atoms with van der Waals surface area (Å²) in [6.07, 6.45) is 1.84. The zero-order valence-electron chi connectivity index (χ0n) is 10.7. The van der Waals surface area contributed by atoms with Crippen molar-refractivity contribution in [1.82, 2.24) is 9.97 Å². The average molecular weight is 255 g/mol. The van der Waals surface area contributed by atoms with Crippen LogP contribution >= 0.6 is 11.8 Å². The van der Waals surface area contributed by atoms with E-state index in [-0.39, 0.29) is 6.61 Å². The van der Waals surface area contributed by atoms with E-state index in [1.54, 1.807) is 11.8 Å². The Morgan fingerprint density at radius 2 is 2.24 bits per heavy atom. The second-order valence-electron chi connectivity index (χ2n) is 4.04. The van der Waals surface area contributed by atoms with Gasteiger partial charge in [0.15, 0.2) is 0 Å². The Balaban J connectivity index is 2.67. The van der Waals surface area contributed by atoms with E-state index in [0.29, 0.717) is 11.2 Å². The van der Waals surface area contributed by atoms with Crippen LogP contribution in [0, 0.1) is 6.92 Å². The third-order valence-corrected chi connectivity index (χ3v) is 3.31. The third kappa shape index (κ3) is 5.37. The van der Waals surface area contributed by atoms with Crippen molar-refractivity contribution >= 4 is 17.7 Å². The maximum Gasteiger partial charge on any atom is 0.223 e. The summed E-state index contributed by atoms with van der Waals surface area (Å²) in [5, 5.41) is 13.4. The Morgan fingerprint density at radius 1 is 1.47 bits per heavy atom. The van der Waals surface area contributed by atoms with Gasteiger partial charge in [0.05, 0.1) is 0 Å².